The second-order valence-corrected chi connectivity index (χ2v) is 4.78. The molecule has 2 rings (SSSR count). The fraction of sp³-hybridized carbons (Fsp3) is 0.357. The number of nitrogens with one attached hydrogen (secondary N) is 1. The average Bonchev–Trinajstić information content (AvgIpc) is 3.23. The van der Waals surface area contributed by atoms with Gasteiger partial charge in [-0.15, -0.1) is 0 Å². The van der Waals surface area contributed by atoms with Gasteiger partial charge in [-0.05, 0) is 44.0 Å². The molecule has 0 aliphatic heterocycles. The highest BCUT2D eigenvalue weighted by Gasteiger charge is 2.33. The second-order valence-electron chi connectivity index (χ2n) is 4.78. The minimum atomic E-state index is -0.848. The first-order chi connectivity index (χ1) is 9.47. The molecule has 0 unspecified atom stereocenters. The fourth-order valence-corrected chi connectivity index (χ4v) is 1.60. The highest BCUT2D eigenvalue weighted by molar-refractivity contribution is 5.96. The topological polar surface area (TPSA) is 98.5 Å². The molecule has 0 aromatic heterocycles. The summed E-state index contributed by atoms with van der Waals surface area (Å²) in [5, 5.41) is 2.60. The van der Waals surface area contributed by atoms with E-state index in [2.05, 4.69) is 5.32 Å². The summed E-state index contributed by atoms with van der Waals surface area (Å²) in [6, 6.07) is 6.15. The van der Waals surface area contributed by atoms with Crippen LogP contribution >= 0.6 is 0 Å². The van der Waals surface area contributed by atoms with E-state index in [9.17, 15) is 14.4 Å². The predicted octanol–water partition coefficient (Wildman–Crippen LogP) is 1.07. The number of anilines is 1. The van der Waals surface area contributed by atoms with E-state index < -0.39 is 17.9 Å². The number of nitrogens with two attached hydrogens (primary N) is 1. The number of esters is 1. The molecule has 0 spiro atoms. The standard InChI is InChI=1S/C14H16N2O4/c1-8(20-14(19)10-2-3-10)13(18)16-11-6-4-9(5-7-11)12(15)17/h4-8,10H,2-3H2,1H3,(H2,15,17)(H,16,18)/t8-/m0/s1. The summed E-state index contributed by atoms with van der Waals surface area (Å²) in [6.07, 6.45) is 0.822. The molecule has 1 fully saturated rings. The summed E-state index contributed by atoms with van der Waals surface area (Å²) in [4.78, 5) is 34.2. The number of hydrogen-bond acceptors (Lipinski definition) is 4. The predicted molar refractivity (Wildman–Crippen MR) is 71.9 cm³/mol. The van der Waals surface area contributed by atoms with Crippen molar-refractivity contribution in [3.63, 3.8) is 0 Å². The Bertz CT molecular complexity index is 535. The molecule has 1 aliphatic rings. The lowest BCUT2D eigenvalue weighted by Crippen LogP contribution is -2.30. The fourth-order valence-electron chi connectivity index (χ4n) is 1.60. The molecule has 2 amide bonds. The van der Waals surface area contributed by atoms with Crippen molar-refractivity contribution in [1.82, 2.24) is 0 Å². The van der Waals surface area contributed by atoms with Gasteiger partial charge in [0, 0.05) is 11.3 Å². The van der Waals surface area contributed by atoms with Crippen molar-refractivity contribution < 1.29 is 19.1 Å². The number of amides is 2. The van der Waals surface area contributed by atoms with Gasteiger partial charge >= 0.3 is 5.97 Å². The van der Waals surface area contributed by atoms with Crippen LogP contribution in [0.1, 0.15) is 30.1 Å². The molecule has 20 heavy (non-hydrogen) atoms. The van der Waals surface area contributed by atoms with Gasteiger partial charge in [0.05, 0.1) is 5.92 Å². The minimum Gasteiger partial charge on any atom is -0.452 e. The molecule has 0 bridgehead atoms. The Balaban J connectivity index is 1.89. The molecule has 0 saturated heterocycles. The minimum absolute atomic E-state index is 0.0416. The zero-order valence-electron chi connectivity index (χ0n) is 11.1. The van der Waals surface area contributed by atoms with Crippen molar-refractivity contribution in [1.29, 1.82) is 0 Å². The van der Waals surface area contributed by atoms with E-state index >= 15 is 0 Å². The Morgan fingerprint density at radius 2 is 1.85 bits per heavy atom. The lowest BCUT2D eigenvalue weighted by atomic mass is 10.2. The highest BCUT2D eigenvalue weighted by Crippen LogP contribution is 2.30. The first-order valence-electron chi connectivity index (χ1n) is 6.38. The van der Waals surface area contributed by atoms with Crippen molar-refractivity contribution in [2.75, 3.05) is 5.32 Å². The maximum Gasteiger partial charge on any atom is 0.309 e. The number of hydrogen-bond donors (Lipinski definition) is 2. The van der Waals surface area contributed by atoms with Crippen LogP contribution in [0.5, 0.6) is 0 Å². The maximum atomic E-state index is 11.8. The Morgan fingerprint density at radius 1 is 1.25 bits per heavy atom. The average molecular weight is 276 g/mol. The molecule has 0 radical (unpaired) electrons. The molecule has 1 aromatic rings. The van der Waals surface area contributed by atoms with Gasteiger partial charge < -0.3 is 15.8 Å². The number of benzene rings is 1. The third-order valence-corrected chi connectivity index (χ3v) is 3.01. The molecule has 106 valence electrons. The van der Waals surface area contributed by atoms with Crippen LogP contribution in [0.15, 0.2) is 24.3 Å². The normalized spacial score (nSPS) is 15.2. The number of primary amides is 1. The summed E-state index contributed by atoms with van der Waals surface area (Å²) < 4.78 is 5.05. The van der Waals surface area contributed by atoms with E-state index in [0.717, 1.165) is 12.8 Å². The van der Waals surface area contributed by atoms with Crippen LogP contribution in [0.25, 0.3) is 0 Å². The van der Waals surface area contributed by atoms with Crippen molar-refractivity contribution in [3.05, 3.63) is 29.8 Å². The van der Waals surface area contributed by atoms with Gasteiger partial charge in [-0.25, -0.2) is 0 Å². The number of carbonyl (C=O) groups excluding carboxylic acids is 3. The Kier molecular flexibility index (Phi) is 4.02. The van der Waals surface area contributed by atoms with Gasteiger partial charge in [-0.1, -0.05) is 0 Å². The van der Waals surface area contributed by atoms with Crippen molar-refractivity contribution in [2.24, 2.45) is 11.7 Å². The first kappa shape index (κ1) is 14.0. The molecule has 0 heterocycles. The van der Waals surface area contributed by atoms with Gasteiger partial charge in [0.1, 0.15) is 0 Å². The number of ether oxygens (including phenoxy) is 1. The van der Waals surface area contributed by atoms with E-state index in [-0.39, 0.29) is 11.9 Å². The van der Waals surface area contributed by atoms with Gasteiger partial charge in [0.25, 0.3) is 5.91 Å². The van der Waals surface area contributed by atoms with Crippen LogP contribution in [0.4, 0.5) is 5.69 Å². The van der Waals surface area contributed by atoms with Crippen LogP contribution in [-0.2, 0) is 14.3 Å². The summed E-state index contributed by atoms with van der Waals surface area (Å²) in [5.41, 5.74) is 5.98. The summed E-state index contributed by atoms with van der Waals surface area (Å²) >= 11 is 0. The van der Waals surface area contributed by atoms with Gasteiger partial charge in [-0.2, -0.15) is 0 Å². The molecular weight excluding hydrogens is 260 g/mol. The zero-order valence-corrected chi connectivity index (χ0v) is 11.1. The zero-order chi connectivity index (χ0) is 14.7. The Morgan fingerprint density at radius 3 is 2.35 bits per heavy atom. The molecule has 1 aliphatic carbocycles. The molecule has 1 atom stereocenters. The molecule has 1 aromatic carbocycles. The smallest absolute Gasteiger partial charge is 0.309 e. The van der Waals surface area contributed by atoms with Crippen LogP contribution < -0.4 is 11.1 Å². The molecular formula is C14H16N2O4. The monoisotopic (exact) mass is 276 g/mol. The number of rotatable bonds is 5. The van der Waals surface area contributed by atoms with Crippen LogP contribution in [0.2, 0.25) is 0 Å². The third-order valence-electron chi connectivity index (χ3n) is 3.01. The lowest BCUT2D eigenvalue weighted by molar-refractivity contribution is -0.154. The highest BCUT2D eigenvalue weighted by atomic mass is 16.5. The first-order valence-corrected chi connectivity index (χ1v) is 6.38. The summed E-state index contributed by atoms with van der Waals surface area (Å²) in [5.74, 6) is -1.31. The van der Waals surface area contributed by atoms with E-state index in [0.29, 0.717) is 11.3 Å². The van der Waals surface area contributed by atoms with Crippen molar-refractivity contribution in [2.45, 2.75) is 25.9 Å². The summed E-state index contributed by atoms with van der Waals surface area (Å²) in [6.45, 7) is 1.52. The van der Waals surface area contributed by atoms with Crippen LogP contribution in [-0.4, -0.2) is 23.9 Å². The Labute approximate surface area is 116 Å². The van der Waals surface area contributed by atoms with E-state index in [1.54, 1.807) is 12.1 Å². The number of carbonyl (C=O) groups is 3. The van der Waals surface area contributed by atoms with Crippen molar-refractivity contribution >= 4 is 23.5 Å². The van der Waals surface area contributed by atoms with E-state index in [1.165, 1.54) is 19.1 Å². The SMILES string of the molecule is C[C@H](OC(=O)C1CC1)C(=O)Nc1ccc(C(N)=O)cc1. The van der Waals surface area contributed by atoms with E-state index in [1.807, 2.05) is 0 Å². The third kappa shape index (κ3) is 3.57. The lowest BCUT2D eigenvalue weighted by Gasteiger charge is -2.13. The molecule has 1 saturated carbocycles. The second kappa shape index (κ2) is 5.73. The van der Waals surface area contributed by atoms with Gasteiger partial charge in [0.2, 0.25) is 5.91 Å². The quantitative estimate of drug-likeness (QED) is 0.786. The maximum absolute atomic E-state index is 11.8. The Hall–Kier alpha value is -2.37. The largest absolute Gasteiger partial charge is 0.452 e. The summed E-state index contributed by atoms with van der Waals surface area (Å²) in [7, 11) is 0. The molecule has 6 heteroatoms. The molecule has 3 N–H and O–H groups in total. The van der Waals surface area contributed by atoms with Crippen molar-refractivity contribution in [3.8, 4) is 0 Å². The van der Waals surface area contributed by atoms with Gasteiger partial charge in [0.15, 0.2) is 6.10 Å². The van der Waals surface area contributed by atoms with E-state index in [4.69, 9.17) is 10.5 Å². The van der Waals surface area contributed by atoms with Crippen LogP contribution in [0.3, 0.4) is 0 Å². The molecule has 6 nitrogen and oxygen atoms in total. The van der Waals surface area contributed by atoms with Gasteiger partial charge in [-0.3, -0.25) is 14.4 Å². The van der Waals surface area contributed by atoms with Crippen LogP contribution in [0, 0.1) is 5.92 Å².